The minimum absolute atomic E-state index is 0.329. The highest BCUT2D eigenvalue weighted by Gasteiger charge is 2.14. The molecule has 0 aliphatic carbocycles. The smallest absolute Gasteiger partial charge is 0.340 e. The number of methoxy groups -OCH3 is 3. The summed E-state index contributed by atoms with van der Waals surface area (Å²) < 4.78 is 15.0. The number of rotatable bonds is 6. The number of carbonyl (C=O) groups is 2. The van der Waals surface area contributed by atoms with Gasteiger partial charge in [-0.25, -0.2) is 4.79 Å². The van der Waals surface area contributed by atoms with Gasteiger partial charge in [0.05, 0.1) is 26.9 Å². The first-order valence-corrected chi connectivity index (χ1v) is 7.84. The van der Waals surface area contributed by atoms with E-state index < -0.39 is 5.97 Å². The lowest BCUT2D eigenvalue weighted by atomic mass is 10.2. The van der Waals surface area contributed by atoms with Gasteiger partial charge >= 0.3 is 5.97 Å². The standard InChI is InChI=1S/C17H17NO5S/c1-21-13-6-4-11(10-14(13)22-2)5-7-15(19)18-16-12(8-9-24-16)17(20)23-3/h4-10H,1-3H3,(H,18,19)/b7-5+. The Bertz CT molecular complexity index is 766. The first-order valence-electron chi connectivity index (χ1n) is 6.96. The van der Waals surface area contributed by atoms with Crippen LogP contribution in [0.25, 0.3) is 6.08 Å². The van der Waals surface area contributed by atoms with Gasteiger partial charge in [0, 0.05) is 6.08 Å². The van der Waals surface area contributed by atoms with Gasteiger partial charge in [-0.3, -0.25) is 4.79 Å². The van der Waals surface area contributed by atoms with E-state index in [-0.39, 0.29) is 5.91 Å². The van der Waals surface area contributed by atoms with E-state index in [9.17, 15) is 9.59 Å². The number of thiophene rings is 1. The van der Waals surface area contributed by atoms with Crippen LogP contribution in [-0.4, -0.2) is 33.2 Å². The zero-order valence-corrected chi connectivity index (χ0v) is 14.3. The van der Waals surface area contributed by atoms with Gasteiger partial charge in [0.15, 0.2) is 11.5 Å². The number of esters is 1. The molecule has 1 heterocycles. The van der Waals surface area contributed by atoms with Crippen LogP contribution in [0.2, 0.25) is 0 Å². The van der Waals surface area contributed by atoms with Crippen LogP contribution in [0.4, 0.5) is 5.00 Å². The van der Waals surface area contributed by atoms with E-state index in [1.807, 2.05) is 0 Å². The molecule has 0 aliphatic heterocycles. The molecule has 0 fully saturated rings. The van der Waals surface area contributed by atoms with Gasteiger partial charge in [-0.05, 0) is 35.2 Å². The summed E-state index contributed by atoms with van der Waals surface area (Å²) >= 11 is 1.25. The molecule has 1 N–H and O–H groups in total. The third kappa shape index (κ3) is 4.14. The minimum atomic E-state index is -0.490. The molecule has 2 rings (SSSR count). The van der Waals surface area contributed by atoms with Crippen LogP contribution in [0.1, 0.15) is 15.9 Å². The Morgan fingerprint density at radius 3 is 2.50 bits per heavy atom. The van der Waals surface area contributed by atoms with Gasteiger partial charge in [0.2, 0.25) is 5.91 Å². The summed E-state index contributed by atoms with van der Waals surface area (Å²) in [5, 5.41) is 4.82. The summed E-state index contributed by atoms with van der Waals surface area (Å²) in [7, 11) is 4.40. The Labute approximate surface area is 143 Å². The highest BCUT2D eigenvalue weighted by molar-refractivity contribution is 7.14. The molecular formula is C17H17NO5S. The number of hydrogen-bond donors (Lipinski definition) is 1. The molecule has 7 heteroatoms. The topological polar surface area (TPSA) is 73.9 Å². The second kappa shape index (κ2) is 8.16. The molecule has 0 spiro atoms. The number of anilines is 1. The molecule has 0 bridgehead atoms. The molecule has 1 aromatic heterocycles. The van der Waals surface area contributed by atoms with Gasteiger partial charge in [-0.1, -0.05) is 6.07 Å². The number of amides is 1. The van der Waals surface area contributed by atoms with E-state index in [0.29, 0.717) is 22.1 Å². The second-order valence-electron chi connectivity index (χ2n) is 4.59. The fourth-order valence-corrected chi connectivity index (χ4v) is 2.74. The molecule has 126 valence electrons. The van der Waals surface area contributed by atoms with Crippen LogP contribution in [0.5, 0.6) is 11.5 Å². The quantitative estimate of drug-likeness (QED) is 0.642. The first-order chi connectivity index (χ1) is 11.6. The zero-order valence-electron chi connectivity index (χ0n) is 13.5. The Morgan fingerprint density at radius 2 is 1.83 bits per heavy atom. The van der Waals surface area contributed by atoms with Gasteiger partial charge in [-0.15, -0.1) is 11.3 Å². The Morgan fingerprint density at radius 1 is 1.08 bits per heavy atom. The van der Waals surface area contributed by atoms with E-state index in [2.05, 4.69) is 10.1 Å². The van der Waals surface area contributed by atoms with Crippen LogP contribution in [0.3, 0.4) is 0 Å². The number of carbonyl (C=O) groups excluding carboxylic acids is 2. The van der Waals surface area contributed by atoms with Crippen molar-refractivity contribution in [2.45, 2.75) is 0 Å². The highest BCUT2D eigenvalue weighted by atomic mass is 32.1. The summed E-state index contributed by atoms with van der Waals surface area (Å²) in [6.07, 6.45) is 3.02. The maximum atomic E-state index is 12.0. The average Bonchev–Trinajstić information content (AvgIpc) is 3.06. The van der Waals surface area contributed by atoms with Gasteiger partial charge < -0.3 is 19.5 Å². The second-order valence-corrected chi connectivity index (χ2v) is 5.51. The summed E-state index contributed by atoms with van der Waals surface area (Å²) in [6.45, 7) is 0. The van der Waals surface area contributed by atoms with E-state index >= 15 is 0 Å². The van der Waals surface area contributed by atoms with Crippen molar-refractivity contribution in [3.8, 4) is 11.5 Å². The fraction of sp³-hybridized carbons (Fsp3) is 0.176. The number of ether oxygens (including phenoxy) is 3. The van der Waals surface area contributed by atoms with Crippen molar-refractivity contribution in [1.82, 2.24) is 0 Å². The van der Waals surface area contributed by atoms with E-state index in [4.69, 9.17) is 9.47 Å². The fourth-order valence-electron chi connectivity index (χ4n) is 1.96. The molecular weight excluding hydrogens is 330 g/mol. The van der Waals surface area contributed by atoms with Crippen LogP contribution in [0, 0.1) is 0 Å². The van der Waals surface area contributed by atoms with Gasteiger partial charge in [-0.2, -0.15) is 0 Å². The molecule has 24 heavy (non-hydrogen) atoms. The van der Waals surface area contributed by atoms with Gasteiger partial charge in [0.25, 0.3) is 0 Å². The van der Waals surface area contributed by atoms with Crippen molar-refractivity contribution < 1.29 is 23.8 Å². The summed E-state index contributed by atoms with van der Waals surface area (Å²) in [4.78, 5) is 23.6. The highest BCUT2D eigenvalue weighted by Crippen LogP contribution is 2.28. The summed E-state index contributed by atoms with van der Waals surface area (Å²) in [5.41, 5.74) is 1.11. The third-order valence-electron chi connectivity index (χ3n) is 3.14. The van der Waals surface area contributed by atoms with Crippen LogP contribution >= 0.6 is 11.3 Å². The predicted molar refractivity (Wildman–Crippen MR) is 92.9 cm³/mol. The van der Waals surface area contributed by atoms with Crippen molar-refractivity contribution in [2.24, 2.45) is 0 Å². The molecule has 6 nitrogen and oxygen atoms in total. The summed E-state index contributed by atoms with van der Waals surface area (Å²) in [5.74, 6) is 0.347. The SMILES string of the molecule is COC(=O)c1ccsc1NC(=O)/C=C/c1ccc(OC)c(OC)c1. The van der Waals surface area contributed by atoms with E-state index in [1.54, 1.807) is 49.9 Å². The van der Waals surface area contributed by atoms with Crippen molar-refractivity contribution in [3.63, 3.8) is 0 Å². The monoisotopic (exact) mass is 347 g/mol. The third-order valence-corrected chi connectivity index (χ3v) is 3.97. The molecule has 0 saturated carbocycles. The molecule has 1 amide bonds. The van der Waals surface area contributed by atoms with Crippen LogP contribution in [-0.2, 0) is 9.53 Å². The molecule has 2 aromatic rings. The van der Waals surface area contributed by atoms with E-state index in [0.717, 1.165) is 5.56 Å². The van der Waals surface area contributed by atoms with Crippen LogP contribution < -0.4 is 14.8 Å². The molecule has 0 unspecified atom stereocenters. The lowest BCUT2D eigenvalue weighted by Crippen LogP contribution is -2.10. The number of nitrogens with one attached hydrogen (secondary N) is 1. The Hall–Kier alpha value is -2.80. The molecule has 0 aliphatic rings. The maximum Gasteiger partial charge on any atom is 0.340 e. The van der Waals surface area contributed by atoms with Gasteiger partial charge in [0.1, 0.15) is 5.00 Å². The lowest BCUT2D eigenvalue weighted by molar-refractivity contribution is -0.111. The zero-order chi connectivity index (χ0) is 17.5. The average molecular weight is 347 g/mol. The lowest BCUT2D eigenvalue weighted by Gasteiger charge is -2.07. The Balaban J connectivity index is 2.09. The largest absolute Gasteiger partial charge is 0.493 e. The van der Waals surface area contributed by atoms with Crippen molar-refractivity contribution in [1.29, 1.82) is 0 Å². The molecule has 1 aromatic carbocycles. The molecule has 0 atom stereocenters. The summed E-state index contributed by atoms with van der Waals surface area (Å²) in [6, 6.07) is 6.92. The molecule has 0 radical (unpaired) electrons. The number of hydrogen-bond acceptors (Lipinski definition) is 6. The van der Waals surface area contributed by atoms with Crippen molar-refractivity contribution >= 4 is 34.3 Å². The Kier molecular flexibility index (Phi) is 5.97. The minimum Gasteiger partial charge on any atom is -0.493 e. The van der Waals surface area contributed by atoms with Crippen LogP contribution in [0.15, 0.2) is 35.7 Å². The predicted octanol–water partition coefficient (Wildman–Crippen LogP) is 3.20. The number of benzene rings is 1. The first kappa shape index (κ1) is 17.6. The molecule has 0 saturated heterocycles. The van der Waals surface area contributed by atoms with E-state index in [1.165, 1.54) is 24.5 Å². The van der Waals surface area contributed by atoms with Crippen molar-refractivity contribution in [2.75, 3.05) is 26.6 Å². The maximum absolute atomic E-state index is 12.0. The normalized spacial score (nSPS) is 10.5. The van der Waals surface area contributed by atoms with Crippen molar-refractivity contribution in [3.05, 3.63) is 46.8 Å².